The molecule has 0 unspecified atom stereocenters. The van der Waals surface area contributed by atoms with E-state index in [0.717, 1.165) is 56.6 Å². The SMILES string of the molecule is C[C@@H](CN1CCC(n2c(=O)[nH]c3cccc(C(=O)c4ccccc4)c32)CC1)N(Cc1ccccc1)Cc1ccccc1. The summed E-state index contributed by atoms with van der Waals surface area (Å²) in [6, 6.07) is 36.6. The van der Waals surface area contributed by atoms with E-state index in [4.69, 9.17) is 0 Å². The molecular weight excluding hydrogens is 520 g/mol. The van der Waals surface area contributed by atoms with Gasteiger partial charge in [-0.15, -0.1) is 0 Å². The number of carbonyl (C=O) groups is 1. The summed E-state index contributed by atoms with van der Waals surface area (Å²) in [6.07, 6.45) is 1.73. The maximum atomic E-state index is 13.5. The van der Waals surface area contributed by atoms with Gasteiger partial charge in [0.15, 0.2) is 5.78 Å². The van der Waals surface area contributed by atoms with Crippen LogP contribution < -0.4 is 5.69 Å². The van der Waals surface area contributed by atoms with Crippen LogP contribution in [0.1, 0.15) is 52.9 Å². The average molecular weight is 559 g/mol. The monoisotopic (exact) mass is 558 g/mol. The molecular formula is C36H38N4O2. The fourth-order valence-corrected chi connectivity index (χ4v) is 6.31. The van der Waals surface area contributed by atoms with Gasteiger partial charge in [0.1, 0.15) is 0 Å². The van der Waals surface area contributed by atoms with E-state index < -0.39 is 0 Å². The van der Waals surface area contributed by atoms with E-state index in [1.54, 1.807) is 0 Å². The van der Waals surface area contributed by atoms with Crippen LogP contribution in [0.4, 0.5) is 0 Å². The first-order valence-electron chi connectivity index (χ1n) is 14.9. The van der Waals surface area contributed by atoms with Gasteiger partial charge < -0.3 is 9.88 Å². The number of nitrogens with zero attached hydrogens (tertiary/aromatic N) is 3. The maximum absolute atomic E-state index is 13.5. The minimum atomic E-state index is -0.137. The number of piperidine rings is 1. The summed E-state index contributed by atoms with van der Waals surface area (Å²) in [5.41, 5.74) is 5.14. The summed E-state index contributed by atoms with van der Waals surface area (Å²) in [5, 5.41) is 0. The van der Waals surface area contributed by atoms with Crippen molar-refractivity contribution in [1.82, 2.24) is 19.4 Å². The highest BCUT2D eigenvalue weighted by molar-refractivity contribution is 6.15. The Morgan fingerprint density at radius 1 is 0.810 bits per heavy atom. The summed E-state index contributed by atoms with van der Waals surface area (Å²) in [5.74, 6) is -0.0582. The van der Waals surface area contributed by atoms with Gasteiger partial charge in [-0.2, -0.15) is 0 Å². The lowest BCUT2D eigenvalue weighted by Gasteiger charge is -2.37. The van der Waals surface area contributed by atoms with Gasteiger partial charge in [-0.3, -0.25) is 14.3 Å². The third-order valence-corrected chi connectivity index (χ3v) is 8.54. The molecule has 2 heterocycles. The van der Waals surface area contributed by atoms with Gasteiger partial charge >= 0.3 is 5.69 Å². The van der Waals surface area contributed by atoms with E-state index in [0.29, 0.717) is 17.2 Å². The van der Waals surface area contributed by atoms with Crippen LogP contribution in [0.2, 0.25) is 0 Å². The summed E-state index contributed by atoms with van der Waals surface area (Å²) < 4.78 is 1.85. The highest BCUT2D eigenvalue weighted by atomic mass is 16.1. The molecule has 1 aliphatic rings. The minimum Gasteiger partial charge on any atom is -0.306 e. The Kier molecular flexibility index (Phi) is 8.45. The number of fused-ring (bicyclic) bond motifs is 1. The van der Waals surface area contributed by atoms with Crippen LogP contribution in [0.5, 0.6) is 0 Å². The van der Waals surface area contributed by atoms with Crippen molar-refractivity contribution in [2.24, 2.45) is 0 Å². The number of hydrogen-bond acceptors (Lipinski definition) is 4. The molecule has 1 fully saturated rings. The number of hydrogen-bond donors (Lipinski definition) is 1. The zero-order valence-electron chi connectivity index (χ0n) is 24.2. The van der Waals surface area contributed by atoms with Gasteiger partial charge in [0.2, 0.25) is 0 Å². The predicted octanol–water partition coefficient (Wildman–Crippen LogP) is 6.29. The van der Waals surface area contributed by atoms with E-state index in [9.17, 15) is 9.59 Å². The molecule has 0 amide bonds. The topological polar surface area (TPSA) is 61.3 Å². The van der Waals surface area contributed by atoms with Crippen LogP contribution >= 0.6 is 0 Å². The van der Waals surface area contributed by atoms with Crippen molar-refractivity contribution >= 4 is 16.8 Å². The Hall–Kier alpha value is -4.26. The molecule has 5 aromatic rings. The molecule has 1 saturated heterocycles. The summed E-state index contributed by atoms with van der Waals surface area (Å²) in [6.45, 7) is 6.91. The van der Waals surface area contributed by atoms with Crippen LogP contribution in [0.15, 0.2) is 114 Å². The highest BCUT2D eigenvalue weighted by Crippen LogP contribution is 2.28. The number of likely N-dealkylation sites (tertiary alicyclic amines) is 1. The molecule has 6 heteroatoms. The number of aromatic amines is 1. The Labute approximate surface area is 247 Å². The number of nitrogens with one attached hydrogen (secondary N) is 1. The van der Waals surface area contributed by atoms with E-state index >= 15 is 0 Å². The number of rotatable bonds is 10. The fraction of sp³-hybridized carbons (Fsp3) is 0.278. The van der Waals surface area contributed by atoms with Crippen molar-refractivity contribution in [3.63, 3.8) is 0 Å². The highest BCUT2D eigenvalue weighted by Gasteiger charge is 2.27. The number of H-pyrrole nitrogens is 1. The van der Waals surface area contributed by atoms with Crippen molar-refractivity contribution in [3.8, 4) is 0 Å². The summed E-state index contributed by atoms with van der Waals surface area (Å²) >= 11 is 0. The van der Waals surface area contributed by atoms with Crippen LogP contribution in [0.25, 0.3) is 11.0 Å². The smallest absolute Gasteiger partial charge is 0.306 e. The number of imidazole rings is 1. The van der Waals surface area contributed by atoms with E-state index in [-0.39, 0.29) is 17.5 Å². The second-order valence-corrected chi connectivity index (χ2v) is 11.5. The normalized spacial score (nSPS) is 15.3. The second-order valence-electron chi connectivity index (χ2n) is 11.5. The molecule has 0 bridgehead atoms. The van der Waals surface area contributed by atoms with Crippen LogP contribution in [-0.4, -0.2) is 50.8 Å². The van der Waals surface area contributed by atoms with Gasteiger partial charge in [0, 0.05) is 55.9 Å². The van der Waals surface area contributed by atoms with Crippen LogP contribution in [-0.2, 0) is 13.1 Å². The third-order valence-electron chi connectivity index (χ3n) is 8.54. The van der Waals surface area contributed by atoms with Crippen molar-refractivity contribution in [2.75, 3.05) is 19.6 Å². The number of carbonyl (C=O) groups excluding carboxylic acids is 1. The third kappa shape index (κ3) is 6.15. The number of ketones is 1. The van der Waals surface area contributed by atoms with Crippen LogP contribution in [0, 0.1) is 0 Å². The molecule has 214 valence electrons. The zero-order chi connectivity index (χ0) is 28.9. The van der Waals surface area contributed by atoms with Gasteiger partial charge in [-0.1, -0.05) is 97.1 Å². The molecule has 4 aromatic carbocycles. The molecule has 42 heavy (non-hydrogen) atoms. The van der Waals surface area contributed by atoms with Crippen molar-refractivity contribution in [1.29, 1.82) is 0 Å². The molecule has 6 nitrogen and oxygen atoms in total. The number of aromatic nitrogens is 2. The average Bonchev–Trinajstić information content (AvgIpc) is 3.38. The van der Waals surface area contributed by atoms with Crippen molar-refractivity contribution < 1.29 is 4.79 Å². The largest absolute Gasteiger partial charge is 0.326 e. The maximum Gasteiger partial charge on any atom is 0.326 e. The number of para-hydroxylation sites is 1. The first-order valence-corrected chi connectivity index (χ1v) is 14.9. The molecule has 1 atom stereocenters. The fourth-order valence-electron chi connectivity index (χ4n) is 6.31. The first kappa shape index (κ1) is 27.9. The molecule has 1 aliphatic heterocycles. The standard InChI is InChI=1S/C36H38N4O2/c1-27(39(25-28-12-5-2-6-13-28)26-29-14-7-3-8-15-29)24-38-22-20-31(21-23-38)40-34-32(18-11-19-33(34)37-36(40)42)35(41)30-16-9-4-10-17-30/h2-19,27,31H,20-26H2,1H3,(H,37,42)/t27-/m0/s1. The Balaban J connectivity index is 1.17. The lowest BCUT2D eigenvalue weighted by atomic mass is 10.00. The van der Waals surface area contributed by atoms with Gasteiger partial charge in [0.25, 0.3) is 0 Å². The lowest BCUT2D eigenvalue weighted by Crippen LogP contribution is -2.45. The Morgan fingerprint density at radius 3 is 1.98 bits per heavy atom. The first-order chi connectivity index (χ1) is 20.6. The van der Waals surface area contributed by atoms with Gasteiger partial charge in [0.05, 0.1) is 11.0 Å². The lowest BCUT2D eigenvalue weighted by molar-refractivity contribution is 0.103. The van der Waals surface area contributed by atoms with Gasteiger partial charge in [-0.05, 0) is 43.0 Å². The quantitative estimate of drug-likeness (QED) is 0.205. The van der Waals surface area contributed by atoms with Crippen molar-refractivity contribution in [3.05, 3.63) is 142 Å². The van der Waals surface area contributed by atoms with E-state index in [2.05, 4.69) is 82.4 Å². The minimum absolute atomic E-state index is 0.0484. The van der Waals surface area contributed by atoms with Crippen LogP contribution in [0.3, 0.4) is 0 Å². The zero-order valence-corrected chi connectivity index (χ0v) is 24.2. The predicted molar refractivity (Wildman–Crippen MR) is 169 cm³/mol. The Bertz CT molecular complexity index is 1630. The van der Waals surface area contributed by atoms with Crippen molar-refractivity contribution in [2.45, 2.75) is 44.9 Å². The molecule has 1 aromatic heterocycles. The van der Waals surface area contributed by atoms with E-state index in [1.165, 1.54) is 11.1 Å². The molecule has 0 spiro atoms. The molecule has 0 saturated carbocycles. The summed E-state index contributed by atoms with van der Waals surface area (Å²) in [7, 11) is 0. The second kappa shape index (κ2) is 12.7. The number of benzene rings is 4. The van der Waals surface area contributed by atoms with Gasteiger partial charge in [-0.25, -0.2) is 4.79 Å². The summed E-state index contributed by atoms with van der Waals surface area (Å²) in [4.78, 5) is 34.8. The molecule has 0 aliphatic carbocycles. The molecule has 1 N–H and O–H groups in total. The van der Waals surface area contributed by atoms with E-state index in [1.807, 2.05) is 53.1 Å². The molecule has 0 radical (unpaired) electrons. The molecule has 6 rings (SSSR count). The Morgan fingerprint density at radius 2 is 1.38 bits per heavy atom.